The van der Waals surface area contributed by atoms with Gasteiger partial charge in [0.1, 0.15) is 5.02 Å². The van der Waals surface area contributed by atoms with Crippen molar-refractivity contribution in [3.8, 4) is 0 Å². The predicted octanol–water partition coefficient (Wildman–Crippen LogP) is 0.717. The van der Waals surface area contributed by atoms with Crippen LogP contribution in [0.15, 0.2) is 6.20 Å². The minimum absolute atomic E-state index is 0.181. The van der Waals surface area contributed by atoms with Crippen LogP contribution in [0, 0.1) is 0 Å². The van der Waals surface area contributed by atoms with Gasteiger partial charge in [-0.1, -0.05) is 18.5 Å². The predicted molar refractivity (Wildman–Crippen MR) is 67.4 cm³/mol. The molecule has 0 spiro atoms. The molecule has 4 N–H and O–H groups in total. The van der Waals surface area contributed by atoms with Gasteiger partial charge in [-0.15, -0.1) is 0 Å². The second-order valence-corrected chi connectivity index (χ2v) is 3.94. The Morgan fingerprint density at radius 1 is 1.47 bits per heavy atom. The Kier molecular flexibility index (Phi) is 5.96. The van der Waals surface area contributed by atoms with Crippen LogP contribution >= 0.6 is 11.6 Å². The summed E-state index contributed by atoms with van der Waals surface area (Å²) < 4.78 is 0. The Balaban J connectivity index is 2.62. The molecule has 0 saturated heterocycles. The number of rotatable bonds is 7. The second kappa shape index (κ2) is 7.26. The zero-order chi connectivity index (χ0) is 12.7. The molecule has 0 fully saturated rings. The second-order valence-electron chi connectivity index (χ2n) is 3.53. The highest BCUT2D eigenvalue weighted by Crippen LogP contribution is 2.19. The van der Waals surface area contributed by atoms with Crippen LogP contribution in [-0.4, -0.2) is 46.0 Å². The lowest BCUT2D eigenvalue weighted by Gasteiger charge is -2.11. The van der Waals surface area contributed by atoms with Crippen LogP contribution in [0.25, 0.3) is 0 Å². The molecule has 0 aliphatic carbocycles. The molecule has 7 heteroatoms. The van der Waals surface area contributed by atoms with Gasteiger partial charge in [0.15, 0.2) is 5.82 Å². The molecule has 96 valence electrons. The van der Waals surface area contributed by atoms with E-state index >= 15 is 0 Å². The zero-order valence-electron chi connectivity index (χ0n) is 9.65. The van der Waals surface area contributed by atoms with E-state index in [9.17, 15) is 5.11 Å². The van der Waals surface area contributed by atoms with Crippen molar-refractivity contribution in [3.63, 3.8) is 0 Å². The fraction of sp³-hybridized carbons (Fsp3) is 0.600. The van der Waals surface area contributed by atoms with Crippen molar-refractivity contribution in [2.75, 3.05) is 30.3 Å². The first-order valence-corrected chi connectivity index (χ1v) is 5.84. The van der Waals surface area contributed by atoms with Gasteiger partial charge in [-0.05, 0) is 6.42 Å². The number of nitrogens with one attached hydrogen (secondary N) is 2. The van der Waals surface area contributed by atoms with Crippen molar-refractivity contribution in [2.45, 2.75) is 19.4 Å². The van der Waals surface area contributed by atoms with Crippen LogP contribution in [0.5, 0.6) is 0 Å². The summed E-state index contributed by atoms with van der Waals surface area (Å²) in [7, 11) is 0. The first-order valence-electron chi connectivity index (χ1n) is 5.46. The van der Waals surface area contributed by atoms with Crippen molar-refractivity contribution in [2.24, 2.45) is 0 Å². The third kappa shape index (κ3) is 4.72. The molecule has 1 aromatic heterocycles. The van der Waals surface area contributed by atoms with E-state index in [2.05, 4.69) is 20.6 Å². The van der Waals surface area contributed by atoms with Gasteiger partial charge in [0.25, 0.3) is 0 Å². The largest absolute Gasteiger partial charge is 0.394 e. The summed E-state index contributed by atoms with van der Waals surface area (Å²) in [6.07, 6.45) is 1.62. The number of aromatic nitrogens is 2. The molecular formula is C10H17ClN4O2. The smallest absolute Gasteiger partial charge is 0.224 e. The normalized spacial score (nSPS) is 12.2. The topological polar surface area (TPSA) is 90.3 Å². The lowest BCUT2D eigenvalue weighted by molar-refractivity contribution is 0.105. The highest BCUT2D eigenvalue weighted by Gasteiger charge is 2.07. The van der Waals surface area contributed by atoms with Gasteiger partial charge in [-0.2, -0.15) is 4.98 Å². The lowest BCUT2D eigenvalue weighted by Crippen LogP contribution is -2.23. The van der Waals surface area contributed by atoms with Gasteiger partial charge >= 0.3 is 0 Å². The van der Waals surface area contributed by atoms with E-state index in [1.165, 1.54) is 6.20 Å². The molecular weight excluding hydrogens is 244 g/mol. The molecule has 1 aromatic rings. The van der Waals surface area contributed by atoms with Crippen molar-refractivity contribution >= 4 is 23.4 Å². The van der Waals surface area contributed by atoms with E-state index in [1.54, 1.807) is 0 Å². The fourth-order valence-corrected chi connectivity index (χ4v) is 1.25. The van der Waals surface area contributed by atoms with Gasteiger partial charge in [-0.25, -0.2) is 4.98 Å². The summed E-state index contributed by atoms with van der Waals surface area (Å²) in [6, 6.07) is 0. The van der Waals surface area contributed by atoms with Gasteiger partial charge in [0.2, 0.25) is 5.95 Å². The zero-order valence-corrected chi connectivity index (χ0v) is 10.4. The van der Waals surface area contributed by atoms with E-state index in [0.29, 0.717) is 16.8 Å². The van der Waals surface area contributed by atoms with Crippen LogP contribution in [0.2, 0.25) is 5.02 Å². The number of hydrogen-bond acceptors (Lipinski definition) is 6. The van der Waals surface area contributed by atoms with E-state index in [1.807, 2.05) is 6.92 Å². The van der Waals surface area contributed by atoms with Gasteiger partial charge < -0.3 is 20.8 Å². The summed E-state index contributed by atoms with van der Waals surface area (Å²) in [4.78, 5) is 8.18. The SMILES string of the molecule is CCCNc1ncc(Cl)c(NCC(O)CO)n1. The van der Waals surface area contributed by atoms with Crippen molar-refractivity contribution in [3.05, 3.63) is 11.2 Å². The molecule has 0 aromatic carbocycles. The van der Waals surface area contributed by atoms with Crippen LogP contribution in [0.4, 0.5) is 11.8 Å². The Hall–Kier alpha value is -1.11. The van der Waals surface area contributed by atoms with Gasteiger partial charge in [0, 0.05) is 13.1 Å². The molecule has 6 nitrogen and oxygen atoms in total. The fourth-order valence-electron chi connectivity index (χ4n) is 1.09. The highest BCUT2D eigenvalue weighted by molar-refractivity contribution is 6.32. The lowest BCUT2D eigenvalue weighted by atomic mass is 10.4. The maximum Gasteiger partial charge on any atom is 0.224 e. The highest BCUT2D eigenvalue weighted by atomic mass is 35.5. The molecule has 1 unspecified atom stereocenters. The summed E-state index contributed by atoms with van der Waals surface area (Å²) in [5, 5.41) is 24.1. The maximum atomic E-state index is 9.21. The van der Waals surface area contributed by atoms with Crippen molar-refractivity contribution in [1.29, 1.82) is 0 Å². The number of nitrogens with zero attached hydrogens (tertiary/aromatic N) is 2. The van der Waals surface area contributed by atoms with E-state index in [4.69, 9.17) is 16.7 Å². The molecule has 1 heterocycles. The Labute approximate surface area is 105 Å². The molecule has 0 bridgehead atoms. The number of halogens is 1. The third-order valence-corrected chi connectivity index (χ3v) is 2.27. The Bertz CT molecular complexity index is 351. The summed E-state index contributed by atoms with van der Waals surface area (Å²) in [5.41, 5.74) is 0. The van der Waals surface area contributed by atoms with Crippen LogP contribution in [-0.2, 0) is 0 Å². The number of hydrogen-bond donors (Lipinski definition) is 4. The number of aliphatic hydroxyl groups excluding tert-OH is 2. The molecule has 0 amide bonds. The van der Waals surface area contributed by atoms with Crippen LogP contribution < -0.4 is 10.6 Å². The standard InChI is InChI=1S/C10H17ClN4O2/c1-2-3-12-10-14-5-8(11)9(15-10)13-4-7(17)6-16/h5,7,16-17H,2-4,6H2,1H3,(H2,12,13,14,15). The summed E-state index contributed by atoms with van der Waals surface area (Å²) in [5.74, 6) is 0.921. The van der Waals surface area contributed by atoms with E-state index in [-0.39, 0.29) is 13.2 Å². The molecule has 1 rings (SSSR count). The third-order valence-electron chi connectivity index (χ3n) is 1.99. The summed E-state index contributed by atoms with van der Waals surface area (Å²) in [6.45, 7) is 2.69. The Morgan fingerprint density at radius 2 is 2.24 bits per heavy atom. The first kappa shape index (κ1) is 14.0. The average Bonchev–Trinajstić information content (AvgIpc) is 2.35. The molecule has 0 aliphatic rings. The monoisotopic (exact) mass is 260 g/mol. The van der Waals surface area contributed by atoms with E-state index < -0.39 is 6.10 Å². The van der Waals surface area contributed by atoms with Crippen LogP contribution in [0.3, 0.4) is 0 Å². The van der Waals surface area contributed by atoms with Gasteiger partial charge in [0.05, 0.1) is 18.9 Å². The van der Waals surface area contributed by atoms with E-state index in [0.717, 1.165) is 13.0 Å². The molecule has 17 heavy (non-hydrogen) atoms. The van der Waals surface area contributed by atoms with Crippen molar-refractivity contribution < 1.29 is 10.2 Å². The molecule has 1 atom stereocenters. The minimum atomic E-state index is -0.840. The number of aliphatic hydroxyl groups is 2. The number of anilines is 2. The van der Waals surface area contributed by atoms with Gasteiger partial charge in [-0.3, -0.25) is 0 Å². The van der Waals surface area contributed by atoms with Crippen LogP contribution in [0.1, 0.15) is 13.3 Å². The average molecular weight is 261 g/mol. The minimum Gasteiger partial charge on any atom is -0.394 e. The first-order chi connectivity index (χ1) is 8.17. The maximum absolute atomic E-state index is 9.21. The molecule has 0 radical (unpaired) electrons. The quantitative estimate of drug-likeness (QED) is 0.578. The molecule has 0 saturated carbocycles. The van der Waals surface area contributed by atoms with Crippen molar-refractivity contribution in [1.82, 2.24) is 9.97 Å². The Morgan fingerprint density at radius 3 is 2.88 bits per heavy atom. The summed E-state index contributed by atoms with van der Waals surface area (Å²) >= 11 is 5.90. The molecule has 0 aliphatic heterocycles.